The van der Waals surface area contributed by atoms with Gasteiger partial charge in [-0.25, -0.2) is 0 Å². The standard InChI is InChI=1S/C19H25OS.C5H5.2CO.Fe/c20-19-13-7-12-17(15-8-3-1-4-9-15)18(19)14-21-16-10-5-2-6-11-16;1-2-4-5-3-1;2*1-2;/h2,5-6,10-11,14-15,17-18H,1,3-4,7-9,12-13H2;1-5H;;;/q-1;;;;+2/t17-,18-;;;;/m1..../s1. The van der Waals surface area contributed by atoms with E-state index in [1.807, 2.05) is 38.2 Å². The number of hydrogen-bond donors (Lipinski definition) is 0. The molecule has 0 aliphatic heterocycles. The number of rotatable bonds is 4. The molecule has 5 heteroatoms. The van der Waals surface area contributed by atoms with Crippen molar-refractivity contribution in [3.05, 3.63) is 81.5 Å². The maximum Gasteiger partial charge on any atom is 2.00 e. The first-order valence-electron chi connectivity index (χ1n) is 10.5. The van der Waals surface area contributed by atoms with Gasteiger partial charge in [-0.15, -0.1) is 0 Å². The fraction of sp³-hybridized carbons (Fsp3) is 0.423. The molecule has 2 atom stereocenters. The van der Waals surface area contributed by atoms with Crippen LogP contribution in [0, 0.1) is 68.9 Å². The number of ketones is 1. The van der Waals surface area contributed by atoms with Gasteiger partial charge in [-0.05, 0) is 49.3 Å². The number of hydrogen-bond acceptors (Lipinski definition) is 2. The van der Waals surface area contributed by atoms with Crippen LogP contribution in [0.2, 0.25) is 0 Å². The molecule has 4 rings (SSSR count). The van der Waals surface area contributed by atoms with E-state index < -0.39 is 0 Å². The van der Waals surface area contributed by atoms with Gasteiger partial charge in [-0.2, -0.15) is 0 Å². The van der Waals surface area contributed by atoms with Crippen LogP contribution in [0.3, 0.4) is 0 Å². The van der Waals surface area contributed by atoms with Gasteiger partial charge in [0.25, 0.3) is 0 Å². The molecule has 3 aliphatic rings. The molecule has 0 aromatic heterocycles. The molecule has 0 unspecified atom stereocenters. The molecule has 0 N–H and O–H groups in total. The van der Waals surface area contributed by atoms with Crippen LogP contribution in [-0.2, 0) is 31.2 Å². The van der Waals surface area contributed by atoms with Gasteiger partial charge < -0.3 is 16.6 Å². The molecule has 0 bridgehead atoms. The van der Waals surface area contributed by atoms with Crippen molar-refractivity contribution in [1.29, 1.82) is 0 Å². The van der Waals surface area contributed by atoms with Crippen LogP contribution >= 0.6 is 11.8 Å². The van der Waals surface area contributed by atoms with Crippen LogP contribution in [0.5, 0.6) is 0 Å². The van der Waals surface area contributed by atoms with Gasteiger partial charge in [0.15, 0.2) is 0 Å². The van der Waals surface area contributed by atoms with E-state index in [4.69, 9.17) is 9.30 Å². The minimum absolute atomic E-state index is 0. The van der Waals surface area contributed by atoms with Gasteiger partial charge in [0, 0.05) is 6.42 Å². The van der Waals surface area contributed by atoms with E-state index in [-0.39, 0.29) is 23.0 Å². The summed E-state index contributed by atoms with van der Waals surface area (Å²) in [4.78, 5) is 13.7. The Balaban J connectivity index is 0.000000768. The minimum Gasteiger partial charge on any atom is -0.0312 e. The van der Waals surface area contributed by atoms with Crippen molar-refractivity contribution in [1.82, 2.24) is 0 Å². The Kier molecular flexibility index (Phi) is 19.4. The Bertz CT molecular complexity index is 593. The van der Waals surface area contributed by atoms with Gasteiger partial charge in [-0.1, -0.05) is 80.7 Å². The molecule has 5 radical (unpaired) electrons. The van der Waals surface area contributed by atoms with Crippen LogP contribution in [0.1, 0.15) is 51.4 Å². The molecule has 0 heterocycles. The first kappa shape index (κ1) is 30.2. The molecule has 31 heavy (non-hydrogen) atoms. The van der Waals surface area contributed by atoms with E-state index in [1.165, 1.54) is 43.4 Å². The van der Waals surface area contributed by atoms with Crippen LogP contribution in [-0.4, -0.2) is 5.78 Å². The van der Waals surface area contributed by atoms with Crippen molar-refractivity contribution in [2.45, 2.75) is 56.3 Å². The second-order valence-electron chi connectivity index (χ2n) is 7.48. The van der Waals surface area contributed by atoms with Gasteiger partial charge >= 0.3 is 39.7 Å². The Hall–Kier alpha value is -0.761. The predicted octanol–water partition coefficient (Wildman–Crippen LogP) is 6.45. The van der Waals surface area contributed by atoms with E-state index in [0.717, 1.165) is 18.8 Å². The zero-order chi connectivity index (χ0) is 22.0. The van der Waals surface area contributed by atoms with Gasteiger partial charge in [0.05, 0.1) is 0 Å². The Labute approximate surface area is 203 Å². The summed E-state index contributed by atoms with van der Waals surface area (Å²) < 4.78 is 15.0. The summed E-state index contributed by atoms with van der Waals surface area (Å²) in [5.74, 6) is 4.33. The number of benzene rings is 1. The second-order valence-corrected chi connectivity index (χ2v) is 8.45. The summed E-state index contributed by atoms with van der Waals surface area (Å²) in [5.41, 5.74) is 0. The molecule has 1 aromatic rings. The Morgan fingerprint density at radius 1 is 0.806 bits per heavy atom. The summed E-state index contributed by atoms with van der Waals surface area (Å²) >= 11 is 1.75. The fourth-order valence-corrected chi connectivity index (χ4v) is 5.31. The first-order valence-corrected chi connectivity index (χ1v) is 11.4. The van der Waals surface area contributed by atoms with E-state index in [9.17, 15) is 4.79 Å². The zero-order valence-corrected chi connectivity index (χ0v) is 19.6. The first-order chi connectivity index (χ1) is 14.8. The van der Waals surface area contributed by atoms with Crippen molar-refractivity contribution in [3.8, 4) is 0 Å². The van der Waals surface area contributed by atoms with Crippen molar-refractivity contribution in [2.75, 3.05) is 0 Å². The van der Waals surface area contributed by atoms with Gasteiger partial charge in [0.2, 0.25) is 0 Å². The summed E-state index contributed by atoms with van der Waals surface area (Å²) in [5, 5.41) is 0. The third kappa shape index (κ3) is 11.6. The normalized spacial score (nSPS) is 22.8. The molecule has 165 valence electrons. The van der Waals surface area contributed by atoms with Crippen molar-refractivity contribution in [2.24, 2.45) is 17.8 Å². The van der Waals surface area contributed by atoms with E-state index in [0.29, 0.717) is 11.7 Å². The van der Waals surface area contributed by atoms with Crippen molar-refractivity contribution >= 4 is 17.5 Å². The SMILES string of the molecule is O=C1CCC[C@H](C2CCCCC2)[C@H]1[CH-]Sc1ccccc1.[C-]#[O+].[C-]#[O+].[CH]1[CH][CH][CH][CH]1.[Fe+2]. The quantitative estimate of drug-likeness (QED) is 0.216. The van der Waals surface area contributed by atoms with Crippen molar-refractivity contribution < 1.29 is 31.2 Å². The van der Waals surface area contributed by atoms with E-state index >= 15 is 0 Å². The van der Waals surface area contributed by atoms with Crippen molar-refractivity contribution in [3.63, 3.8) is 0 Å². The Morgan fingerprint density at radius 3 is 1.90 bits per heavy atom. The zero-order valence-electron chi connectivity index (χ0n) is 17.7. The molecule has 0 saturated heterocycles. The number of Topliss-reactive ketones (excluding diaryl/α,β-unsaturated/α-hetero) is 1. The minimum atomic E-state index is 0. The van der Waals surface area contributed by atoms with Gasteiger partial charge in [0.1, 0.15) is 5.78 Å². The molecule has 3 saturated carbocycles. The van der Waals surface area contributed by atoms with E-state index in [2.05, 4.69) is 43.3 Å². The predicted molar refractivity (Wildman–Crippen MR) is 118 cm³/mol. The molecule has 3 aliphatic carbocycles. The number of carbonyl (C=O) groups excluding carboxylic acids is 1. The molecule has 3 fully saturated rings. The van der Waals surface area contributed by atoms with E-state index in [1.54, 1.807) is 11.8 Å². The van der Waals surface area contributed by atoms with Crippen LogP contribution in [0.25, 0.3) is 0 Å². The third-order valence-electron chi connectivity index (χ3n) is 5.70. The third-order valence-corrected chi connectivity index (χ3v) is 6.67. The summed E-state index contributed by atoms with van der Waals surface area (Å²) in [6.45, 7) is 9.00. The smallest absolute Gasteiger partial charge is 0.0312 e. The number of carbonyl (C=O) groups is 1. The topological polar surface area (TPSA) is 56.9 Å². The van der Waals surface area contributed by atoms with Crippen LogP contribution in [0.4, 0.5) is 0 Å². The molecule has 0 amide bonds. The maximum atomic E-state index is 12.4. The number of thioether (sulfide) groups is 1. The fourth-order valence-electron chi connectivity index (χ4n) is 4.34. The average Bonchev–Trinajstić information content (AvgIpc) is 3.42. The monoisotopic (exact) mass is 478 g/mol. The van der Waals surface area contributed by atoms with Gasteiger partial charge in [-0.3, -0.25) is 5.75 Å². The molecule has 1 aromatic carbocycles. The molecular weight excluding hydrogens is 448 g/mol. The second kappa shape index (κ2) is 19.9. The largest absolute Gasteiger partial charge is 2.00 e. The summed E-state index contributed by atoms with van der Waals surface area (Å²) in [6.07, 6.45) is 20.0. The summed E-state index contributed by atoms with van der Waals surface area (Å²) in [7, 11) is 0. The summed E-state index contributed by atoms with van der Waals surface area (Å²) in [6, 6.07) is 10.4. The molecule has 3 nitrogen and oxygen atoms in total. The molecule has 0 spiro atoms. The van der Waals surface area contributed by atoms with Crippen LogP contribution < -0.4 is 0 Å². The molecular formula is C26H30FeO3S+. The van der Waals surface area contributed by atoms with Crippen LogP contribution in [0.15, 0.2) is 35.2 Å². The Morgan fingerprint density at radius 2 is 1.35 bits per heavy atom. The maximum absolute atomic E-state index is 12.4. The average molecular weight is 478 g/mol.